The highest BCUT2D eigenvalue weighted by atomic mass is 79.9. The van der Waals surface area contributed by atoms with Crippen LogP contribution in [0.5, 0.6) is 5.75 Å². The van der Waals surface area contributed by atoms with Gasteiger partial charge in [-0.05, 0) is 48.4 Å². The molecule has 1 saturated heterocycles. The maximum absolute atomic E-state index is 13.0. The summed E-state index contributed by atoms with van der Waals surface area (Å²) < 4.78 is 11.6. The van der Waals surface area contributed by atoms with Gasteiger partial charge >= 0.3 is 6.03 Å². The Balaban J connectivity index is 1.61. The number of methoxy groups -OCH3 is 1. The van der Waals surface area contributed by atoms with Crippen molar-refractivity contribution in [2.24, 2.45) is 0 Å². The molecule has 156 valence electrons. The second-order valence-corrected chi connectivity index (χ2v) is 7.93. The second kappa shape index (κ2) is 11.2. The first-order chi connectivity index (χ1) is 14.1. The van der Waals surface area contributed by atoms with E-state index in [4.69, 9.17) is 9.47 Å². The zero-order valence-corrected chi connectivity index (χ0v) is 18.4. The molecular formula is C22H28BrN3O3. The van der Waals surface area contributed by atoms with Crippen molar-refractivity contribution in [1.29, 1.82) is 0 Å². The maximum Gasteiger partial charge on any atom is 0.322 e. The number of hydrogen-bond donors (Lipinski definition) is 1. The Bertz CT molecular complexity index is 762. The number of rotatable bonds is 8. The van der Waals surface area contributed by atoms with Gasteiger partial charge in [0, 0.05) is 42.9 Å². The normalized spacial score (nSPS) is 14.4. The van der Waals surface area contributed by atoms with Gasteiger partial charge in [-0.2, -0.15) is 0 Å². The lowest BCUT2D eigenvalue weighted by molar-refractivity contribution is 0.0365. The van der Waals surface area contributed by atoms with E-state index in [2.05, 4.69) is 26.1 Å². The first-order valence-electron chi connectivity index (χ1n) is 9.88. The molecule has 0 aromatic heterocycles. The minimum atomic E-state index is -0.0925. The number of benzene rings is 2. The van der Waals surface area contributed by atoms with Gasteiger partial charge in [-0.1, -0.05) is 28.1 Å². The van der Waals surface area contributed by atoms with Crippen LogP contribution in [0.3, 0.4) is 0 Å². The predicted octanol–water partition coefficient (Wildman–Crippen LogP) is 4.21. The highest BCUT2D eigenvalue weighted by Crippen LogP contribution is 2.17. The first-order valence-corrected chi connectivity index (χ1v) is 10.7. The number of nitrogens with zero attached hydrogens (tertiary/aromatic N) is 2. The highest BCUT2D eigenvalue weighted by Gasteiger charge is 2.16. The summed E-state index contributed by atoms with van der Waals surface area (Å²) in [5, 5.41) is 3.01. The molecule has 0 aliphatic carbocycles. The largest absolute Gasteiger partial charge is 0.497 e. The molecule has 1 aliphatic heterocycles. The Morgan fingerprint density at radius 1 is 1.14 bits per heavy atom. The third kappa shape index (κ3) is 7.03. The average Bonchev–Trinajstić information content (AvgIpc) is 2.76. The van der Waals surface area contributed by atoms with Gasteiger partial charge in [-0.15, -0.1) is 0 Å². The van der Waals surface area contributed by atoms with Gasteiger partial charge in [0.1, 0.15) is 5.75 Å². The minimum absolute atomic E-state index is 0.0925. The van der Waals surface area contributed by atoms with Crippen LogP contribution in [0, 0.1) is 0 Å². The molecule has 2 aromatic carbocycles. The lowest BCUT2D eigenvalue weighted by Gasteiger charge is -2.28. The van der Waals surface area contributed by atoms with E-state index < -0.39 is 0 Å². The van der Waals surface area contributed by atoms with Crippen LogP contribution in [0.2, 0.25) is 0 Å². The van der Waals surface area contributed by atoms with Crippen molar-refractivity contribution in [2.75, 3.05) is 51.8 Å². The molecule has 1 N–H and O–H groups in total. The smallest absolute Gasteiger partial charge is 0.322 e. The Labute approximate surface area is 180 Å². The summed E-state index contributed by atoms with van der Waals surface area (Å²) in [5.41, 5.74) is 1.86. The monoisotopic (exact) mass is 461 g/mol. The van der Waals surface area contributed by atoms with Crippen molar-refractivity contribution < 1.29 is 14.3 Å². The lowest BCUT2D eigenvalue weighted by Crippen LogP contribution is -2.40. The number of amides is 2. The highest BCUT2D eigenvalue weighted by molar-refractivity contribution is 9.10. The van der Waals surface area contributed by atoms with E-state index in [9.17, 15) is 4.79 Å². The van der Waals surface area contributed by atoms with Gasteiger partial charge < -0.3 is 19.7 Å². The molecule has 0 unspecified atom stereocenters. The molecule has 0 bridgehead atoms. The topological polar surface area (TPSA) is 54.0 Å². The van der Waals surface area contributed by atoms with Gasteiger partial charge in [-0.25, -0.2) is 4.79 Å². The van der Waals surface area contributed by atoms with Crippen LogP contribution in [-0.4, -0.2) is 62.3 Å². The number of nitrogens with one attached hydrogen (secondary N) is 1. The van der Waals surface area contributed by atoms with E-state index in [-0.39, 0.29) is 6.03 Å². The van der Waals surface area contributed by atoms with Gasteiger partial charge in [0.2, 0.25) is 0 Å². The number of ether oxygens (including phenoxy) is 2. The second-order valence-electron chi connectivity index (χ2n) is 7.01. The fourth-order valence-corrected chi connectivity index (χ4v) is 3.51. The maximum atomic E-state index is 13.0. The fourth-order valence-electron chi connectivity index (χ4n) is 3.25. The molecule has 6 nitrogen and oxygen atoms in total. The summed E-state index contributed by atoms with van der Waals surface area (Å²) in [6, 6.07) is 15.4. The van der Waals surface area contributed by atoms with E-state index in [1.54, 1.807) is 7.11 Å². The van der Waals surface area contributed by atoms with E-state index >= 15 is 0 Å². The summed E-state index contributed by atoms with van der Waals surface area (Å²) in [5.74, 6) is 0.812. The van der Waals surface area contributed by atoms with Crippen LogP contribution in [0.4, 0.5) is 10.5 Å². The molecule has 7 heteroatoms. The van der Waals surface area contributed by atoms with Crippen LogP contribution in [0.1, 0.15) is 12.0 Å². The predicted molar refractivity (Wildman–Crippen MR) is 118 cm³/mol. The number of carbonyl (C=O) groups is 1. The molecule has 1 heterocycles. The third-order valence-corrected chi connectivity index (χ3v) is 5.45. The number of carbonyl (C=O) groups excluding carboxylic acids is 1. The van der Waals surface area contributed by atoms with Crippen molar-refractivity contribution in [3.63, 3.8) is 0 Å². The summed E-state index contributed by atoms with van der Waals surface area (Å²) in [7, 11) is 1.65. The molecule has 0 spiro atoms. The van der Waals surface area contributed by atoms with Crippen LogP contribution in [0.25, 0.3) is 0 Å². The van der Waals surface area contributed by atoms with Crippen molar-refractivity contribution in [3.8, 4) is 5.75 Å². The Kier molecular flexibility index (Phi) is 8.34. The van der Waals surface area contributed by atoms with E-state index in [1.165, 1.54) is 0 Å². The van der Waals surface area contributed by atoms with Gasteiger partial charge in [0.05, 0.1) is 20.3 Å². The summed E-state index contributed by atoms with van der Waals surface area (Å²) >= 11 is 3.42. The van der Waals surface area contributed by atoms with Crippen molar-refractivity contribution in [2.45, 2.75) is 13.0 Å². The van der Waals surface area contributed by atoms with Crippen molar-refractivity contribution in [3.05, 3.63) is 58.6 Å². The van der Waals surface area contributed by atoms with Crippen LogP contribution in [-0.2, 0) is 11.3 Å². The van der Waals surface area contributed by atoms with E-state index in [0.717, 1.165) is 60.7 Å². The Morgan fingerprint density at radius 3 is 2.48 bits per heavy atom. The molecule has 2 amide bonds. The molecule has 1 aliphatic rings. The number of urea groups is 1. The van der Waals surface area contributed by atoms with Gasteiger partial charge in [0.25, 0.3) is 0 Å². The zero-order valence-electron chi connectivity index (χ0n) is 16.8. The number of anilines is 1. The van der Waals surface area contributed by atoms with Gasteiger partial charge in [-0.3, -0.25) is 4.90 Å². The summed E-state index contributed by atoms with van der Waals surface area (Å²) in [6.07, 6.45) is 0.921. The molecule has 1 fully saturated rings. The quantitative estimate of drug-likeness (QED) is 0.639. The third-order valence-electron chi connectivity index (χ3n) is 4.92. The van der Waals surface area contributed by atoms with Crippen LogP contribution < -0.4 is 10.1 Å². The summed E-state index contributed by atoms with van der Waals surface area (Å²) in [4.78, 5) is 17.2. The molecule has 0 radical (unpaired) electrons. The minimum Gasteiger partial charge on any atom is -0.497 e. The fraction of sp³-hybridized carbons (Fsp3) is 0.409. The lowest BCUT2D eigenvalue weighted by atomic mass is 10.2. The zero-order chi connectivity index (χ0) is 20.5. The van der Waals surface area contributed by atoms with Crippen LogP contribution in [0.15, 0.2) is 53.0 Å². The van der Waals surface area contributed by atoms with E-state index in [0.29, 0.717) is 13.1 Å². The molecule has 0 atom stereocenters. The molecule has 3 rings (SSSR count). The standard InChI is InChI=1S/C22H28BrN3O3/c1-28-21-9-3-18(4-10-21)17-26(12-2-11-25-13-15-29-16-14-25)22(27)24-20-7-5-19(23)6-8-20/h3-10H,2,11-17H2,1H3,(H,24,27). The van der Waals surface area contributed by atoms with Crippen molar-refractivity contribution >= 4 is 27.6 Å². The van der Waals surface area contributed by atoms with Crippen molar-refractivity contribution in [1.82, 2.24) is 9.80 Å². The van der Waals surface area contributed by atoms with Crippen LogP contribution >= 0.6 is 15.9 Å². The Hall–Kier alpha value is -2.09. The SMILES string of the molecule is COc1ccc(CN(CCCN2CCOCC2)C(=O)Nc2ccc(Br)cc2)cc1. The molecular weight excluding hydrogens is 434 g/mol. The molecule has 29 heavy (non-hydrogen) atoms. The Morgan fingerprint density at radius 2 is 1.83 bits per heavy atom. The van der Waals surface area contributed by atoms with E-state index in [1.807, 2.05) is 53.4 Å². The first kappa shape index (κ1) is 21.6. The van der Waals surface area contributed by atoms with Gasteiger partial charge in [0.15, 0.2) is 0 Å². The molecule has 2 aromatic rings. The summed E-state index contributed by atoms with van der Waals surface area (Å²) in [6.45, 7) is 5.71. The number of halogens is 1. The number of hydrogen-bond acceptors (Lipinski definition) is 4. The average molecular weight is 462 g/mol. The molecule has 0 saturated carbocycles. The number of morpholine rings is 1.